The molecule has 0 aromatic rings. The molecule has 0 saturated carbocycles. The van der Waals surface area contributed by atoms with Crippen molar-refractivity contribution in [2.75, 3.05) is 39.5 Å². The molecule has 1 saturated heterocycles. The van der Waals surface area contributed by atoms with Gasteiger partial charge in [-0.1, -0.05) is 0 Å². The summed E-state index contributed by atoms with van der Waals surface area (Å²) in [5.41, 5.74) is 0. The van der Waals surface area contributed by atoms with Gasteiger partial charge >= 0.3 is 0 Å². The minimum absolute atomic E-state index is 0.0150. The molecule has 9 heteroatoms. The summed E-state index contributed by atoms with van der Waals surface area (Å²) in [5.74, 6) is 0. The van der Waals surface area contributed by atoms with Crippen LogP contribution in [0.3, 0.4) is 0 Å². The molecular weight excluding hydrogens is 246 g/mol. The lowest BCUT2D eigenvalue weighted by molar-refractivity contribution is -0.341. The first-order valence-corrected chi connectivity index (χ1v) is 5.72. The highest BCUT2D eigenvalue weighted by Gasteiger charge is 2.43. The van der Waals surface area contributed by atoms with Gasteiger partial charge in [-0.3, -0.25) is 0 Å². The van der Waals surface area contributed by atoms with Crippen LogP contribution < -0.4 is 0 Å². The van der Waals surface area contributed by atoms with Crippen LogP contribution in [0.4, 0.5) is 0 Å². The van der Waals surface area contributed by atoms with E-state index in [1.54, 1.807) is 0 Å². The van der Waals surface area contributed by atoms with Gasteiger partial charge in [-0.05, 0) is 0 Å². The molecule has 108 valence electrons. The Morgan fingerprint density at radius 3 is 0.944 bits per heavy atom. The SMILES string of the molecule is OCCN1C(O)N(CCO)C(O)N(CCO)C1O. The van der Waals surface area contributed by atoms with Gasteiger partial charge < -0.3 is 30.6 Å². The van der Waals surface area contributed by atoms with E-state index in [0.717, 1.165) is 14.7 Å². The van der Waals surface area contributed by atoms with E-state index in [1.165, 1.54) is 0 Å². The average molecular weight is 267 g/mol. The molecule has 0 unspecified atom stereocenters. The normalized spacial score (nSPS) is 32.0. The zero-order valence-electron chi connectivity index (χ0n) is 10.00. The van der Waals surface area contributed by atoms with Crippen LogP contribution in [0.15, 0.2) is 0 Å². The highest BCUT2D eigenvalue weighted by atomic mass is 16.4. The minimum atomic E-state index is -1.33. The smallest absolute Gasteiger partial charge is 0.171 e. The number of hydrogen-bond donors (Lipinski definition) is 6. The second-order valence-corrected chi connectivity index (χ2v) is 3.92. The van der Waals surface area contributed by atoms with Crippen LogP contribution in [0.1, 0.15) is 0 Å². The van der Waals surface area contributed by atoms with Gasteiger partial charge in [0.15, 0.2) is 19.1 Å². The highest BCUT2D eigenvalue weighted by molar-refractivity contribution is 4.78. The molecular formula is C9H21N3O6. The van der Waals surface area contributed by atoms with E-state index in [9.17, 15) is 15.3 Å². The summed E-state index contributed by atoms with van der Waals surface area (Å²) in [6.07, 6.45) is -3.99. The quantitative estimate of drug-likeness (QED) is 0.283. The van der Waals surface area contributed by atoms with Crippen molar-refractivity contribution < 1.29 is 30.6 Å². The molecule has 1 heterocycles. The molecule has 0 bridgehead atoms. The summed E-state index contributed by atoms with van der Waals surface area (Å²) in [7, 11) is 0. The van der Waals surface area contributed by atoms with Crippen LogP contribution in [-0.4, -0.2) is 104 Å². The standard InChI is InChI=1S/C9H21N3O6/c13-4-1-10-7(16)11(2-5-14)9(18)12(3-6-15)8(10)17/h7-9,13-18H,1-6H2. The number of hydrogen-bond acceptors (Lipinski definition) is 9. The maximum absolute atomic E-state index is 9.94. The maximum Gasteiger partial charge on any atom is 0.171 e. The second-order valence-electron chi connectivity index (χ2n) is 3.92. The van der Waals surface area contributed by atoms with Crippen molar-refractivity contribution in [1.82, 2.24) is 14.7 Å². The van der Waals surface area contributed by atoms with Crippen molar-refractivity contribution in [2.24, 2.45) is 0 Å². The summed E-state index contributed by atoms with van der Waals surface area (Å²) >= 11 is 0. The number of aliphatic hydroxyl groups is 6. The summed E-state index contributed by atoms with van der Waals surface area (Å²) in [6, 6.07) is 0. The van der Waals surface area contributed by atoms with Gasteiger partial charge in [0.2, 0.25) is 0 Å². The number of rotatable bonds is 6. The Hall–Kier alpha value is -0.360. The third kappa shape index (κ3) is 3.15. The topological polar surface area (TPSA) is 131 Å². The fourth-order valence-corrected chi connectivity index (χ4v) is 1.97. The first-order valence-electron chi connectivity index (χ1n) is 5.72. The van der Waals surface area contributed by atoms with Gasteiger partial charge in [0.05, 0.1) is 19.8 Å². The summed E-state index contributed by atoms with van der Waals surface area (Å²) in [4.78, 5) is 3.41. The lowest BCUT2D eigenvalue weighted by Gasteiger charge is -2.51. The molecule has 1 fully saturated rings. The van der Waals surface area contributed by atoms with E-state index in [4.69, 9.17) is 15.3 Å². The van der Waals surface area contributed by atoms with Gasteiger partial charge in [0, 0.05) is 19.6 Å². The molecule has 0 atom stereocenters. The van der Waals surface area contributed by atoms with Crippen molar-refractivity contribution >= 4 is 0 Å². The molecule has 0 spiro atoms. The van der Waals surface area contributed by atoms with E-state index in [1.807, 2.05) is 0 Å². The van der Waals surface area contributed by atoms with Gasteiger partial charge in [-0.2, -0.15) is 0 Å². The van der Waals surface area contributed by atoms with Crippen LogP contribution in [0.2, 0.25) is 0 Å². The lowest BCUT2D eigenvalue weighted by atomic mass is 10.3. The van der Waals surface area contributed by atoms with Crippen LogP contribution in [-0.2, 0) is 0 Å². The Bertz CT molecular complexity index is 196. The van der Waals surface area contributed by atoms with Crippen LogP contribution >= 0.6 is 0 Å². The largest absolute Gasteiger partial charge is 0.395 e. The molecule has 0 aromatic carbocycles. The van der Waals surface area contributed by atoms with E-state index >= 15 is 0 Å². The average Bonchev–Trinajstić information content (AvgIpc) is 2.35. The molecule has 6 N–H and O–H groups in total. The summed E-state index contributed by atoms with van der Waals surface area (Å²) in [6.45, 7) is -0.908. The predicted octanol–water partition coefficient (Wildman–Crippen LogP) is -4.29. The van der Waals surface area contributed by atoms with E-state index < -0.39 is 19.1 Å². The van der Waals surface area contributed by atoms with Crippen LogP contribution in [0.25, 0.3) is 0 Å². The van der Waals surface area contributed by atoms with E-state index in [0.29, 0.717) is 0 Å². The van der Waals surface area contributed by atoms with Crippen molar-refractivity contribution in [3.63, 3.8) is 0 Å². The molecule has 18 heavy (non-hydrogen) atoms. The molecule has 0 amide bonds. The van der Waals surface area contributed by atoms with E-state index in [-0.39, 0.29) is 39.5 Å². The van der Waals surface area contributed by atoms with Gasteiger partial charge in [-0.25, -0.2) is 14.7 Å². The fraction of sp³-hybridized carbons (Fsp3) is 1.00. The first kappa shape index (κ1) is 15.7. The van der Waals surface area contributed by atoms with Crippen molar-refractivity contribution in [3.8, 4) is 0 Å². The Morgan fingerprint density at radius 2 is 0.778 bits per heavy atom. The van der Waals surface area contributed by atoms with Crippen molar-refractivity contribution in [2.45, 2.75) is 19.1 Å². The summed E-state index contributed by atoms with van der Waals surface area (Å²) in [5, 5.41) is 56.5. The van der Waals surface area contributed by atoms with Gasteiger partial charge in [0.1, 0.15) is 0 Å². The molecule has 9 nitrogen and oxygen atoms in total. The molecule has 1 rings (SSSR count). The zero-order valence-corrected chi connectivity index (χ0v) is 10.00. The fourth-order valence-electron chi connectivity index (χ4n) is 1.97. The molecule has 0 aliphatic carbocycles. The molecule has 1 aliphatic rings. The Kier molecular flexibility index (Phi) is 6.35. The second kappa shape index (κ2) is 7.28. The Morgan fingerprint density at radius 1 is 0.556 bits per heavy atom. The van der Waals surface area contributed by atoms with Crippen LogP contribution in [0.5, 0.6) is 0 Å². The number of nitrogens with zero attached hydrogens (tertiary/aromatic N) is 3. The maximum atomic E-state index is 9.94. The minimum Gasteiger partial charge on any atom is -0.395 e. The molecule has 0 aromatic heterocycles. The number of β-amino-alcohol motifs (C(OH)–C–C–N with tert-alkyl or cyclic N) is 3. The molecule has 0 radical (unpaired) electrons. The highest BCUT2D eigenvalue weighted by Crippen LogP contribution is 2.21. The van der Waals surface area contributed by atoms with Crippen LogP contribution in [0, 0.1) is 0 Å². The lowest BCUT2D eigenvalue weighted by Crippen LogP contribution is -2.71. The van der Waals surface area contributed by atoms with Crippen molar-refractivity contribution in [1.29, 1.82) is 0 Å². The molecule has 1 aliphatic heterocycles. The Labute approximate surface area is 105 Å². The predicted molar refractivity (Wildman–Crippen MR) is 59.4 cm³/mol. The van der Waals surface area contributed by atoms with Gasteiger partial charge in [0.25, 0.3) is 0 Å². The first-order chi connectivity index (χ1) is 8.58. The number of aliphatic hydroxyl groups excluding tert-OH is 6. The van der Waals surface area contributed by atoms with E-state index in [2.05, 4.69) is 0 Å². The third-order valence-corrected chi connectivity index (χ3v) is 2.85. The Balaban J connectivity index is 2.86. The monoisotopic (exact) mass is 267 g/mol. The third-order valence-electron chi connectivity index (χ3n) is 2.85. The summed E-state index contributed by atoms with van der Waals surface area (Å²) < 4.78 is 0. The van der Waals surface area contributed by atoms with Gasteiger partial charge in [-0.15, -0.1) is 0 Å². The van der Waals surface area contributed by atoms with Crippen molar-refractivity contribution in [3.05, 3.63) is 0 Å². The zero-order chi connectivity index (χ0) is 13.7.